The van der Waals surface area contributed by atoms with Crippen molar-refractivity contribution in [2.45, 2.75) is 37.6 Å². The Morgan fingerprint density at radius 3 is 2.04 bits per heavy atom. The fourth-order valence-electron chi connectivity index (χ4n) is 2.98. The van der Waals surface area contributed by atoms with Gasteiger partial charge in [0, 0.05) is 6.42 Å². The van der Waals surface area contributed by atoms with Crippen molar-refractivity contribution in [2.24, 2.45) is 0 Å². The van der Waals surface area contributed by atoms with Gasteiger partial charge in [-0.2, -0.15) is 5.26 Å². The van der Waals surface area contributed by atoms with Gasteiger partial charge < -0.3 is 10.1 Å². The standard InChI is InChI=1S/C22H24N2O3/c1-27-22(26)19(15-9-4-10-16-23)24-21(25)20(17-11-5-2-6-12-17)18-13-7-3-8-14-18/h2-3,5-8,11-14,19-20H,4,9-10,15H2,1H3,(H,24,25)/t19-/m0/s1. The molecule has 140 valence electrons. The topological polar surface area (TPSA) is 79.2 Å². The third kappa shape index (κ3) is 5.96. The van der Waals surface area contributed by atoms with Gasteiger partial charge in [0.25, 0.3) is 0 Å². The summed E-state index contributed by atoms with van der Waals surface area (Å²) >= 11 is 0. The number of esters is 1. The maximum absolute atomic E-state index is 13.1. The van der Waals surface area contributed by atoms with Gasteiger partial charge >= 0.3 is 5.97 Å². The number of carbonyl (C=O) groups is 2. The van der Waals surface area contributed by atoms with Crippen LogP contribution in [0.5, 0.6) is 0 Å². The molecule has 0 spiro atoms. The van der Waals surface area contributed by atoms with Crippen LogP contribution in [0.25, 0.3) is 0 Å². The lowest BCUT2D eigenvalue weighted by molar-refractivity contribution is -0.145. The largest absolute Gasteiger partial charge is 0.467 e. The first-order chi connectivity index (χ1) is 13.2. The van der Waals surface area contributed by atoms with Gasteiger partial charge in [-0.15, -0.1) is 0 Å². The van der Waals surface area contributed by atoms with Crippen LogP contribution < -0.4 is 5.32 Å². The number of amides is 1. The molecule has 1 N–H and O–H groups in total. The van der Waals surface area contributed by atoms with Gasteiger partial charge in [0.2, 0.25) is 5.91 Å². The summed E-state index contributed by atoms with van der Waals surface area (Å²) in [5.74, 6) is -1.23. The molecule has 0 aliphatic rings. The van der Waals surface area contributed by atoms with E-state index in [-0.39, 0.29) is 5.91 Å². The second kappa shape index (κ2) is 10.8. The number of methoxy groups -OCH3 is 1. The smallest absolute Gasteiger partial charge is 0.328 e. The minimum Gasteiger partial charge on any atom is -0.467 e. The number of unbranched alkanes of at least 4 members (excludes halogenated alkanes) is 2. The molecule has 5 heteroatoms. The lowest BCUT2D eigenvalue weighted by atomic mass is 9.90. The summed E-state index contributed by atoms with van der Waals surface area (Å²) in [5.41, 5.74) is 1.71. The Hall–Kier alpha value is -3.13. The molecule has 0 aliphatic carbocycles. The van der Waals surface area contributed by atoms with Crippen LogP contribution in [0.15, 0.2) is 60.7 Å². The Kier molecular flexibility index (Phi) is 8.05. The molecule has 0 radical (unpaired) electrons. The van der Waals surface area contributed by atoms with E-state index in [1.807, 2.05) is 60.7 Å². The molecule has 0 bridgehead atoms. The first-order valence-electron chi connectivity index (χ1n) is 9.02. The number of benzene rings is 2. The highest BCUT2D eigenvalue weighted by atomic mass is 16.5. The van der Waals surface area contributed by atoms with Crippen molar-refractivity contribution >= 4 is 11.9 Å². The summed E-state index contributed by atoms with van der Waals surface area (Å²) in [5, 5.41) is 11.5. The molecule has 0 heterocycles. The molecule has 0 saturated heterocycles. The molecule has 1 amide bonds. The van der Waals surface area contributed by atoms with Crippen LogP contribution in [0.4, 0.5) is 0 Å². The van der Waals surface area contributed by atoms with Crippen LogP contribution in [0, 0.1) is 11.3 Å². The number of nitriles is 1. The van der Waals surface area contributed by atoms with Crippen molar-refractivity contribution in [1.82, 2.24) is 5.32 Å². The van der Waals surface area contributed by atoms with E-state index in [4.69, 9.17) is 10.00 Å². The molecule has 0 fully saturated rings. The van der Waals surface area contributed by atoms with Crippen LogP contribution in [0.2, 0.25) is 0 Å². The molecule has 2 aromatic carbocycles. The van der Waals surface area contributed by atoms with E-state index in [1.165, 1.54) is 7.11 Å². The molecule has 2 rings (SSSR count). The summed E-state index contributed by atoms with van der Waals surface area (Å²) in [4.78, 5) is 25.2. The van der Waals surface area contributed by atoms with Gasteiger partial charge in [0.1, 0.15) is 6.04 Å². The molecule has 2 aromatic rings. The second-order valence-corrected chi connectivity index (χ2v) is 6.24. The van der Waals surface area contributed by atoms with Crippen LogP contribution in [0.1, 0.15) is 42.7 Å². The zero-order valence-corrected chi connectivity index (χ0v) is 15.4. The lowest BCUT2D eigenvalue weighted by Gasteiger charge is -2.22. The number of hydrogen-bond acceptors (Lipinski definition) is 4. The van der Waals surface area contributed by atoms with Gasteiger partial charge in [-0.25, -0.2) is 4.79 Å². The average molecular weight is 364 g/mol. The molecule has 0 aliphatic heterocycles. The van der Waals surface area contributed by atoms with Crippen molar-refractivity contribution in [3.05, 3.63) is 71.8 Å². The third-order valence-corrected chi connectivity index (χ3v) is 4.36. The van der Waals surface area contributed by atoms with Crippen LogP contribution in [0.3, 0.4) is 0 Å². The molecule has 27 heavy (non-hydrogen) atoms. The fraction of sp³-hybridized carbons (Fsp3) is 0.318. The molecular weight excluding hydrogens is 340 g/mol. The van der Waals surface area contributed by atoms with E-state index in [9.17, 15) is 9.59 Å². The second-order valence-electron chi connectivity index (χ2n) is 6.24. The van der Waals surface area contributed by atoms with E-state index in [0.717, 1.165) is 11.1 Å². The Morgan fingerprint density at radius 1 is 1.00 bits per heavy atom. The predicted octanol–water partition coefficient (Wildman–Crippen LogP) is 3.56. The first-order valence-corrected chi connectivity index (χ1v) is 9.02. The quantitative estimate of drug-likeness (QED) is 0.545. The average Bonchev–Trinajstić information content (AvgIpc) is 2.71. The SMILES string of the molecule is COC(=O)[C@H](CCCCC#N)NC(=O)C(c1ccccc1)c1ccccc1. The van der Waals surface area contributed by atoms with Gasteiger partial charge in [-0.1, -0.05) is 60.7 Å². The molecule has 0 aromatic heterocycles. The van der Waals surface area contributed by atoms with Crippen LogP contribution >= 0.6 is 0 Å². The number of ether oxygens (including phenoxy) is 1. The lowest BCUT2D eigenvalue weighted by Crippen LogP contribution is -2.43. The Morgan fingerprint density at radius 2 is 1.56 bits per heavy atom. The van der Waals surface area contributed by atoms with Crippen molar-refractivity contribution in [3.63, 3.8) is 0 Å². The Bertz CT molecular complexity index is 730. The summed E-state index contributed by atoms with van der Waals surface area (Å²) in [6.45, 7) is 0. The van der Waals surface area contributed by atoms with Crippen molar-refractivity contribution in [1.29, 1.82) is 5.26 Å². The maximum Gasteiger partial charge on any atom is 0.328 e. The van der Waals surface area contributed by atoms with Crippen molar-refractivity contribution < 1.29 is 14.3 Å². The normalized spacial score (nSPS) is 11.4. The number of nitrogens with one attached hydrogen (secondary N) is 1. The van der Waals surface area contributed by atoms with Crippen molar-refractivity contribution in [3.8, 4) is 6.07 Å². The fourth-order valence-corrected chi connectivity index (χ4v) is 2.98. The number of hydrogen-bond donors (Lipinski definition) is 1. The number of carbonyl (C=O) groups excluding carboxylic acids is 2. The van der Waals surface area contributed by atoms with E-state index in [2.05, 4.69) is 11.4 Å². The minimum absolute atomic E-state index is 0.247. The highest BCUT2D eigenvalue weighted by Gasteiger charge is 2.28. The molecular formula is C22H24N2O3. The number of nitrogens with zero attached hydrogens (tertiary/aromatic N) is 1. The molecule has 5 nitrogen and oxygen atoms in total. The van der Waals surface area contributed by atoms with Crippen molar-refractivity contribution in [2.75, 3.05) is 7.11 Å². The highest BCUT2D eigenvalue weighted by molar-refractivity contribution is 5.91. The zero-order valence-electron chi connectivity index (χ0n) is 15.4. The monoisotopic (exact) mass is 364 g/mol. The summed E-state index contributed by atoms with van der Waals surface area (Å²) in [6.07, 6.45) is 2.21. The Balaban J connectivity index is 2.20. The molecule has 0 unspecified atom stereocenters. The maximum atomic E-state index is 13.1. The molecule has 0 saturated carbocycles. The van der Waals surface area contributed by atoms with Crippen LogP contribution in [-0.2, 0) is 14.3 Å². The predicted molar refractivity (Wildman–Crippen MR) is 103 cm³/mol. The van der Waals surface area contributed by atoms with Gasteiger partial charge in [0.15, 0.2) is 0 Å². The molecule has 1 atom stereocenters. The summed E-state index contributed by atoms with van der Waals surface area (Å²) in [7, 11) is 1.31. The van der Waals surface area contributed by atoms with E-state index in [0.29, 0.717) is 25.7 Å². The van der Waals surface area contributed by atoms with Gasteiger partial charge in [-0.05, 0) is 30.4 Å². The number of rotatable bonds is 9. The van der Waals surface area contributed by atoms with Crippen LogP contribution in [-0.4, -0.2) is 25.0 Å². The minimum atomic E-state index is -0.726. The first kappa shape index (κ1) is 20.2. The third-order valence-electron chi connectivity index (χ3n) is 4.36. The zero-order chi connectivity index (χ0) is 19.5. The summed E-state index contributed by atoms with van der Waals surface area (Å²) < 4.78 is 4.84. The van der Waals surface area contributed by atoms with E-state index >= 15 is 0 Å². The van der Waals surface area contributed by atoms with E-state index in [1.54, 1.807) is 0 Å². The van der Waals surface area contributed by atoms with Gasteiger partial charge in [-0.3, -0.25) is 4.79 Å². The highest BCUT2D eigenvalue weighted by Crippen LogP contribution is 2.25. The van der Waals surface area contributed by atoms with E-state index < -0.39 is 17.9 Å². The summed E-state index contributed by atoms with van der Waals surface area (Å²) in [6, 6.07) is 20.3. The Labute approximate surface area is 160 Å². The van der Waals surface area contributed by atoms with Gasteiger partial charge in [0.05, 0.1) is 19.1 Å².